The second kappa shape index (κ2) is 3.72. The summed E-state index contributed by atoms with van der Waals surface area (Å²) >= 11 is 6.60. The third kappa shape index (κ3) is 1.89. The lowest BCUT2D eigenvalue weighted by atomic mass is 10.2. The molecule has 0 radical (unpaired) electrons. The van der Waals surface area contributed by atoms with Crippen LogP contribution in [0.25, 0.3) is 6.08 Å². The Morgan fingerprint density at radius 1 is 1.31 bits per heavy atom. The highest BCUT2D eigenvalue weighted by Crippen LogP contribution is 2.37. The fraction of sp³-hybridized carbons (Fsp3) is 0.111. The third-order valence-corrected chi connectivity index (χ3v) is 2.15. The van der Waals surface area contributed by atoms with E-state index < -0.39 is 0 Å². The summed E-state index contributed by atoms with van der Waals surface area (Å²) in [5.74, 6) is 1.61. The van der Waals surface area contributed by atoms with Crippen LogP contribution in [0.2, 0.25) is 0 Å². The number of benzene rings is 1. The average Bonchev–Trinajstić information content (AvgIpc) is 2.51. The monoisotopic (exact) mass is 304 g/mol. The van der Waals surface area contributed by atoms with E-state index >= 15 is 0 Å². The Kier molecular flexibility index (Phi) is 2.60. The highest BCUT2D eigenvalue weighted by molar-refractivity contribution is 9.28. The van der Waals surface area contributed by atoms with Gasteiger partial charge in [-0.15, -0.1) is 0 Å². The second-order valence-corrected chi connectivity index (χ2v) is 5.29. The van der Waals surface area contributed by atoms with E-state index in [0.29, 0.717) is 6.79 Å². The molecule has 0 fully saturated rings. The third-order valence-electron chi connectivity index (χ3n) is 1.69. The molecule has 0 amide bonds. The van der Waals surface area contributed by atoms with Crippen LogP contribution >= 0.6 is 31.9 Å². The SMILES string of the molecule is BrC(Br)=Cc1cccc2c1OCO2. The lowest BCUT2D eigenvalue weighted by molar-refractivity contribution is 0.174. The number of hydrogen-bond acceptors (Lipinski definition) is 2. The van der Waals surface area contributed by atoms with Crippen molar-refractivity contribution in [2.75, 3.05) is 6.79 Å². The Morgan fingerprint density at radius 3 is 2.92 bits per heavy atom. The molecule has 0 aliphatic carbocycles. The van der Waals surface area contributed by atoms with E-state index in [4.69, 9.17) is 9.47 Å². The topological polar surface area (TPSA) is 18.5 Å². The van der Waals surface area contributed by atoms with Gasteiger partial charge in [0.15, 0.2) is 11.5 Å². The van der Waals surface area contributed by atoms with Gasteiger partial charge in [-0.05, 0) is 44.0 Å². The zero-order chi connectivity index (χ0) is 9.26. The van der Waals surface area contributed by atoms with Crippen LogP contribution in [0.3, 0.4) is 0 Å². The molecule has 0 atom stereocenters. The second-order valence-electron chi connectivity index (χ2n) is 2.52. The smallest absolute Gasteiger partial charge is 0.231 e. The quantitative estimate of drug-likeness (QED) is 0.790. The summed E-state index contributed by atoms with van der Waals surface area (Å²) in [5, 5.41) is 0. The van der Waals surface area contributed by atoms with Gasteiger partial charge in [0, 0.05) is 5.56 Å². The van der Waals surface area contributed by atoms with Gasteiger partial charge >= 0.3 is 0 Å². The van der Waals surface area contributed by atoms with E-state index in [0.717, 1.165) is 20.5 Å². The van der Waals surface area contributed by atoms with Gasteiger partial charge in [0.1, 0.15) is 0 Å². The molecular weight excluding hydrogens is 300 g/mol. The van der Waals surface area contributed by atoms with E-state index in [1.54, 1.807) is 0 Å². The number of hydrogen-bond donors (Lipinski definition) is 0. The van der Waals surface area contributed by atoms with E-state index in [-0.39, 0.29) is 0 Å². The number of halogens is 2. The maximum Gasteiger partial charge on any atom is 0.231 e. The molecule has 0 N–H and O–H groups in total. The Balaban J connectivity index is 2.47. The minimum absolute atomic E-state index is 0.306. The largest absolute Gasteiger partial charge is 0.454 e. The minimum atomic E-state index is 0.306. The summed E-state index contributed by atoms with van der Waals surface area (Å²) in [6.45, 7) is 0.306. The summed E-state index contributed by atoms with van der Waals surface area (Å²) in [6, 6.07) is 5.79. The molecule has 13 heavy (non-hydrogen) atoms. The molecule has 0 bridgehead atoms. The lowest BCUT2D eigenvalue weighted by Crippen LogP contribution is -1.93. The first-order valence-electron chi connectivity index (χ1n) is 3.68. The van der Waals surface area contributed by atoms with Crippen molar-refractivity contribution < 1.29 is 9.47 Å². The number of fused-ring (bicyclic) bond motifs is 1. The standard InChI is InChI=1S/C9H6Br2O2/c10-8(11)4-6-2-1-3-7-9(6)13-5-12-7/h1-4H,5H2. The van der Waals surface area contributed by atoms with E-state index in [2.05, 4.69) is 31.9 Å². The molecule has 1 aromatic rings. The molecular formula is C9H6Br2O2. The zero-order valence-corrected chi connectivity index (χ0v) is 9.76. The molecule has 1 aliphatic heterocycles. The number of rotatable bonds is 1. The van der Waals surface area contributed by atoms with Gasteiger partial charge in [0.05, 0.1) is 3.39 Å². The molecule has 0 saturated carbocycles. The normalized spacial score (nSPS) is 12.8. The van der Waals surface area contributed by atoms with Crippen LogP contribution in [-0.2, 0) is 0 Å². The van der Waals surface area contributed by atoms with Crippen molar-refractivity contribution >= 4 is 37.9 Å². The van der Waals surface area contributed by atoms with Crippen molar-refractivity contribution in [3.8, 4) is 11.5 Å². The van der Waals surface area contributed by atoms with E-state index in [1.165, 1.54) is 0 Å². The van der Waals surface area contributed by atoms with Crippen LogP contribution in [0.15, 0.2) is 21.6 Å². The number of ether oxygens (including phenoxy) is 2. The van der Waals surface area contributed by atoms with Gasteiger partial charge in [-0.1, -0.05) is 12.1 Å². The highest BCUT2D eigenvalue weighted by Gasteiger charge is 2.15. The molecule has 1 heterocycles. The van der Waals surface area contributed by atoms with Crippen molar-refractivity contribution in [2.24, 2.45) is 0 Å². The van der Waals surface area contributed by atoms with Crippen LogP contribution in [0.1, 0.15) is 5.56 Å². The molecule has 0 aromatic heterocycles. The Morgan fingerprint density at radius 2 is 2.15 bits per heavy atom. The van der Waals surface area contributed by atoms with E-state index in [1.807, 2.05) is 24.3 Å². The maximum atomic E-state index is 5.32. The van der Waals surface area contributed by atoms with Crippen molar-refractivity contribution in [1.82, 2.24) is 0 Å². The van der Waals surface area contributed by atoms with Crippen molar-refractivity contribution in [3.05, 3.63) is 27.2 Å². The molecule has 2 nitrogen and oxygen atoms in total. The minimum Gasteiger partial charge on any atom is -0.454 e. The fourth-order valence-electron chi connectivity index (χ4n) is 1.18. The first-order valence-corrected chi connectivity index (χ1v) is 5.27. The molecule has 1 aliphatic rings. The Labute approximate surface area is 92.8 Å². The summed E-state index contributed by atoms with van der Waals surface area (Å²) in [7, 11) is 0. The Bertz CT molecular complexity index is 357. The van der Waals surface area contributed by atoms with Crippen LogP contribution in [-0.4, -0.2) is 6.79 Å². The van der Waals surface area contributed by atoms with Gasteiger partial charge < -0.3 is 9.47 Å². The van der Waals surface area contributed by atoms with Gasteiger partial charge in [0.2, 0.25) is 6.79 Å². The maximum absolute atomic E-state index is 5.32. The van der Waals surface area contributed by atoms with E-state index in [9.17, 15) is 0 Å². The zero-order valence-electron chi connectivity index (χ0n) is 6.59. The first kappa shape index (κ1) is 9.09. The van der Waals surface area contributed by atoms with Gasteiger partial charge in [0.25, 0.3) is 0 Å². The van der Waals surface area contributed by atoms with Crippen molar-refractivity contribution in [3.63, 3.8) is 0 Å². The van der Waals surface area contributed by atoms with Crippen molar-refractivity contribution in [2.45, 2.75) is 0 Å². The molecule has 2 rings (SSSR count). The average molecular weight is 306 g/mol. The molecule has 4 heteroatoms. The van der Waals surface area contributed by atoms with Crippen LogP contribution < -0.4 is 9.47 Å². The van der Waals surface area contributed by atoms with Gasteiger partial charge in [-0.25, -0.2) is 0 Å². The molecule has 0 unspecified atom stereocenters. The van der Waals surface area contributed by atoms with Gasteiger partial charge in [-0.2, -0.15) is 0 Å². The molecule has 68 valence electrons. The van der Waals surface area contributed by atoms with Crippen molar-refractivity contribution in [1.29, 1.82) is 0 Å². The molecule has 0 spiro atoms. The summed E-state index contributed by atoms with van der Waals surface area (Å²) in [5.41, 5.74) is 0.999. The summed E-state index contributed by atoms with van der Waals surface area (Å²) in [6.07, 6.45) is 1.92. The predicted molar refractivity (Wildman–Crippen MR) is 58.4 cm³/mol. The molecule has 0 saturated heterocycles. The van der Waals surface area contributed by atoms with Gasteiger partial charge in [-0.3, -0.25) is 0 Å². The number of para-hydroxylation sites is 1. The van der Waals surface area contributed by atoms with Crippen LogP contribution in [0.5, 0.6) is 11.5 Å². The fourth-order valence-corrected chi connectivity index (χ4v) is 1.68. The summed E-state index contributed by atoms with van der Waals surface area (Å²) < 4.78 is 11.4. The lowest BCUT2D eigenvalue weighted by Gasteiger charge is -1.99. The summed E-state index contributed by atoms with van der Waals surface area (Å²) in [4.78, 5) is 0. The first-order chi connectivity index (χ1) is 6.27. The predicted octanol–water partition coefficient (Wildman–Crippen LogP) is 3.50. The van der Waals surface area contributed by atoms with Crippen LogP contribution in [0, 0.1) is 0 Å². The highest BCUT2D eigenvalue weighted by atomic mass is 79.9. The Hall–Kier alpha value is -0.480. The van der Waals surface area contributed by atoms with Crippen LogP contribution in [0.4, 0.5) is 0 Å². The molecule has 1 aromatic carbocycles.